The van der Waals surface area contributed by atoms with Gasteiger partial charge < -0.3 is 21.3 Å². The first-order valence-corrected chi connectivity index (χ1v) is 9.08. The summed E-state index contributed by atoms with van der Waals surface area (Å²) in [5, 5.41) is 11.6. The number of carbonyl (C=O) groups excluding carboxylic acids is 2. The minimum Gasteiger partial charge on any atom is -0.386 e. The highest BCUT2D eigenvalue weighted by atomic mass is 16.2. The maximum absolute atomic E-state index is 12.4. The Hall–Kier alpha value is -3.94. The number of hydrogen-bond donors (Lipinski definition) is 4. The van der Waals surface area contributed by atoms with Gasteiger partial charge in [-0.1, -0.05) is 36.4 Å². The number of amides is 2. The Morgan fingerprint density at radius 1 is 0.931 bits per heavy atom. The summed E-state index contributed by atoms with van der Waals surface area (Å²) in [6.07, 6.45) is 3.65. The van der Waals surface area contributed by atoms with Crippen LogP contribution in [0.25, 0.3) is 0 Å². The van der Waals surface area contributed by atoms with Gasteiger partial charge in [0.25, 0.3) is 5.91 Å². The van der Waals surface area contributed by atoms with Crippen molar-refractivity contribution < 1.29 is 9.59 Å². The van der Waals surface area contributed by atoms with Gasteiger partial charge in [0.15, 0.2) is 0 Å². The molecule has 0 spiro atoms. The number of benzene rings is 2. The van der Waals surface area contributed by atoms with Gasteiger partial charge in [0.1, 0.15) is 11.5 Å². The largest absolute Gasteiger partial charge is 0.386 e. The van der Waals surface area contributed by atoms with Crippen LogP contribution in [0.3, 0.4) is 0 Å². The third-order valence-electron chi connectivity index (χ3n) is 4.22. The molecule has 0 bridgehead atoms. The Labute approximate surface area is 168 Å². The molecule has 29 heavy (non-hydrogen) atoms. The van der Waals surface area contributed by atoms with Gasteiger partial charge in [0.05, 0.1) is 23.8 Å². The molecule has 1 aromatic heterocycles. The first kappa shape index (κ1) is 19.8. The van der Waals surface area contributed by atoms with E-state index in [1.54, 1.807) is 7.05 Å². The molecule has 3 rings (SSSR count). The molecule has 148 valence electrons. The lowest BCUT2D eigenvalue weighted by molar-refractivity contribution is -0.109. The fraction of sp³-hybridized carbons (Fsp3) is 0.143. The van der Waals surface area contributed by atoms with E-state index < -0.39 is 0 Å². The van der Waals surface area contributed by atoms with Crippen molar-refractivity contribution in [1.29, 1.82) is 0 Å². The van der Waals surface area contributed by atoms with Crippen LogP contribution in [0.1, 0.15) is 21.6 Å². The molecule has 8 heteroatoms. The van der Waals surface area contributed by atoms with Crippen LogP contribution in [0.5, 0.6) is 0 Å². The molecular weight excluding hydrogens is 368 g/mol. The topological polar surface area (TPSA) is 108 Å². The predicted octanol–water partition coefficient (Wildman–Crippen LogP) is 2.63. The van der Waals surface area contributed by atoms with E-state index in [0.717, 1.165) is 16.8 Å². The summed E-state index contributed by atoms with van der Waals surface area (Å²) < 4.78 is 0. The Morgan fingerprint density at radius 3 is 2.24 bits per heavy atom. The monoisotopic (exact) mass is 390 g/mol. The van der Waals surface area contributed by atoms with Crippen molar-refractivity contribution in [3.63, 3.8) is 0 Å². The Kier molecular flexibility index (Phi) is 6.72. The number of anilines is 3. The minimum atomic E-state index is -0.328. The molecule has 0 saturated heterocycles. The zero-order chi connectivity index (χ0) is 20.5. The standard InChI is InChI=1S/C21H22N6O2/c1-22-17-4-2-3-5-18(17)27-21(29)19-12-26-20(13-24-19)25-11-16-8-6-15(7-9-16)10-23-14-28/h2-9,12-14,22H,10-11H2,1H3,(H,23,28)(H,25,26)(H,27,29). The molecule has 3 aromatic rings. The number of para-hydroxylation sites is 2. The van der Waals surface area contributed by atoms with E-state index >= 15 is 0 Å². The van der Waals surface area contributed by atoms with Gasteiger partial charge in [0, 0.05) is 20.1 Å². The molecule has 0 aliphatic rings. The van der Waals surface area contributed by atoms with Gasteiger partial charge in [-0.15, -0.1) is 0 Å². The van der Waals surface area contributed by atoms with Gasteiger partial charge in [-0.05, 0) is 23.3 Å². The van der Waals surface area contributed by atoms with Gasteiger partial charge >= 0.3 is 0 Å². The summed E-state index contributed by atoms with van der Waals surface area (Å²) in [5.41, 5.74) is 3.81. The summed E-state index contributed by atoms with van der Waals surface area (Å²) in [7, 11) is 1.79. The van der Waals surface area contributed by atoms with E-state index in [9.17, 15) is 9.59 Å². The van der Waals surface area contributed by atoms with Crippen LogP contribution in [-0.2, 0) is 17.9 Å². The fourth-order valence-electron chi connectivity index (χ4n) is 2.66. The van der Waals surface area contributed by atoms with Crippen LogP contribution in [0, 0.1) is 0 Å². The minimum absolute atomic E-state index is 0.230. The molecule has 0 fully saturated rings. The molecule has 0 radical (unpaired) electrons. The fourth-order valence-corrected chi connectivity index (χ4v) is 2.66. The first-order chi connectivity index (χ1) is 14.2. The van der Waals surface area contributed by atoms with Crippen LogP contribution >= 0.6 is 0 Å². The molecular formula is C21H22N6O2. The number of nitrogens with one attached hydrogen (secondary N) is 4. The second kappa shape index (κ2) is 9.84. The molecule has 4 N–H and O–H groups in total. The second-order valence-corrected chi connectivity index (χ2v) is 6.21. The zero-order valence-corrected chi connectivity index (χ0v) is 16.0. The number of hydrogen-bond acceptors (Lipinski definition) is 6. The zero-order valence-electron chi connectivity index (χ0n) is 16.0. The van der Waals surface area contributed by atoms with E-state index in [0.29, 0.717) is 31.0 Å². The molecule has 0 aliphatic heterocycles. The van der Waals surface area contributed by atoms with E-state index in [2.05, 4.69) is 31.2 Å². The molecule has 2 amide bonds. The number of carbonyl (C=O) groups is 2. The van der Waals surface area contributed by atoms with Crippen molar-refractivity contribution in [2.45, 2.75) is 13.1 Å². The maximum atomic E-state index is 12.4. The highest BCUT2D eigenvalue weighted by Gasteiger charge is 2.10. The van der Waals surface area contributed by atoms with Gasteiger partial charge in [0.2, 0.25) is 6.41 Å². The van der Waals surface area contributed by atoms with Crippen molar-refractivity contribution in [2.24, 2.45) is 0 Å². The van der Waals surface area contributed by atoms with Gasteiger partial charge in [-0.2, -0.15) is 0 Å². The molecule has 0 saturated carbocycles. The molecule has 0 aliphatic carbocycles. The van der Waals surface area contributed by atoms with E-state index in [4.69, 9.17) is 0 Å². The van der Waals surface area contributed by atoms with Crippen LogP contribution < -0.4 is 21.3 Å². The SMILES string of the molecule is CNc1ccccc1NC(=O)c1cnc(NCc2ccc(CNC=O)cc2)cn1. The van der Waals surface area contributed by atoms with E-state index in [1.165, 1.54) is 12.4 Å². The average Bonchev–Trinajstić information content (AvgIpc) is 2.77. The number of aromatic nitrogens is 2. The van der Waals surface area contributed by atoms with Crippen LogP contribution in [0.15, 0.2) is 60.9 Å². The smallest absolute Gasteiger partial charge is 0.275 e. The van der Waals surface area contributed by atoms with E-state index in [-0.39, 0.29) is 11.6 Å². The van der Waals surface area contributed by atoms with Crippen molar-refractivity contribution >= 4 is 29.5 Å². The van der Waals surface area contributed by atoms with Crippen LogP contribution in [0.2, 0.25) is 0 Å². The third kappa shape index (κ3) is 5.52. The highest BCUT2D eigenvalue weighted by Crippen LogP contribution is 2.20. The maximum Gasteiger partial charge on any atom is 0.275 e. The van der Waals surface area contributed by atoms with E-state index in [1.807, 2.05) is 48.5 Å². The normalized spacial score (nSPS) is 10.1. The number of rotatable bonds is 9. The lowest BCUT2D eigenvalue weighted by Gasteiger charge is -2.10. The summed E-state index contributed by atoms with van der Waals surface area (Å²) in [5.74, 6) is 0.246. The van der Waals surface area contributed by atoms with Crippen molar-refractivity contribution in [1.82, 2.24) is 15.3 Å². The average molecular weight is 390 g/mol. The molecule has 0 atom stereocenters. The summed E-state index contributed by atoms with van der Waals surface area (Å²) >= 11 is 0. The van der Waals surface area contributed by atoms with Crippen LogP contribution in [0.4, 0.5) is 17.2 Å². The molecule has 2 aromatic carbocycles. The highest BCUT2D eigenvalue weighted by molar-refractivity contribution is 6.04. The predicted molar refractivity (Wildman–Crippen MR) is 113 cm³/mol. The molecule has 8 nitrogen and oxygen atoms in total. The third-order valence-corrected chi connectivity index (χ3v) is 4.22. The summed E-state index contributed by atoms with van der Waals surface area (Å²) in [4.78, 5) is 31.2. The Morgan fingerprint density at radius 2 is 1.62 bits per heavy atom. The molecule has 0 unspecified atom stereocenters. The summed E-state index contributed by atoms with van der Waals surface area (Å²) in [6, 6.07) is 15.3. The van der Waals surface area contributed by atoms with Gasteiger partial charge in [-0.25, -0.2) is 9.97 Å². The second-order valence-electron chi connectivity index (χ2n) is 6.21. The van der Waals surface area contributed by atoms with Crippen LogP contribution in [-0.4, -0.2) is 29.3 Å². The van der Waals surface area contributed by atoms with Crippen molar-refractivity contribution in [2.75, 3.05) is 23.0 Å². The van der Waals surface area contributed by atoms with Crippen molar-refractivity contribution in [3.8, 4) is 0 Å². The lowest BCUT2D eigenvalue weighted by Crippen LogP contribution is -2.15. The van der Waals surface area contributed by atoms with Crippen molar-refractivity contribution in [3.05, 3.63) is 77.7 Å². The Balaban J connectivity index is 1.55. The first-order valence-electron chi connectivity index (χ1n) is 9.08. The quantitative estimate of drug-likeness (QED) is 0.418. The molecule has 1 heterocycles. The lowest BCUT2D eigenvalue weighted by atomic mass is 10.1. The van der Waals surface area contributed by atoms with Gasteiger partial charge in [-0.3, -0.25) is 9.59 Å². The number of nitrogens with zero attached hydrogens (tertiary/aromatic N) is 2. The Bertz CT molecular complexity index is 958. The summed E-state index contributed by atoms with van der Waals surface area (Å²) in [6.45, 7) is 1.07.